The van der Waals surface area contributed by atoms with Crippen LogP contribution < -0.4 is 66.8 Å². The van der Waals surface area contributed by atoms with Gasteiger partial charge in [-0.25, -0.2) is 0 Å². The number of hydrogen-bond donors (Lipinski definition) is 0. The van der Waals surface area contributed by atoms with E-state index in [9.17, 15) is 0 Å². The average molecular weight is 290 g/mol. The largest absolute Gasteiger partial charge is 2.00 e. The van der Waals surface area contributed by atoms with Crippen molar-refractivity contribution in [3.8, 4) is 0 Å². The number of halogens is 3. The van der Waals surface area contributed by atoms with Gasteiger partial charge in [-0.1, -0.05) is 0 Å². The second kappa shape index (κ2) is 114. The zero-order chi connectivity index (χ0) is 0. The Morgan fingerprint density at radius 1 is 0.500 bits per heavy atom. The molecule has 8 heavy (non-hydrogen) atoms. The minimum Gasteiger partial charge on any atom is -1.00 e. The van der Waals surface area contributed by atoms with Crippen molar-refractivity contribution < 1.29 is 104 Å². The first-order valence-electron chi connectivity index (χ1n) is 0. The van der Waals surface area contributed by atoms with E-state index < -0.39 is 0 Å². The van der Waals surface area contributed by atoms with E-state index in [1.54, 1.807) is 0 Å². The summed E-state index contributed by atoms with van der Waals surface area (Å²) in [6.45, 7) is 0. The summed E-state index contributed by atoms with van der Waals surface area (Å²) >= 11 is 0. The van der Waals surface area contributed by atoms with Gasteiger partial charge in [-0.05, 0) is 0 Å². The second-order valence-electron chi connectivity index (χ2n) is 0. The van der Waals surface area contributed by atoms with Crippen LogP contribution in [0.15, 0.2) is 0 Å². The minimum atomic E-state index is 0. The SMILES string of the molecule is O.O.O.[Cl-].[Cl-].[Cl-].[Na+].[Pd+2]. The van der Waals surface area contributed by atoms with E-state index in [2.05, 4.69) is 0 Å². The molecule has 0 heterocycles. The van der Waals surface area contributed by atoms with Crippen molar-refractivity contribution in [2.45, 2.75) is 0 Å². The average Bonchev–Trinajstić information content (AvgIpc) is 0. The molecule has 8 heteroatoms. The van der Waals surface area contributed by atoms with Gasteiger partial charge in [0.2, 0.25) is 0 Å². The summed E-state index contributed by atoms with van der Waals surface area (Å²) in [5, 5.41) is 0. The Morgan fingerprint density at radius 2 is 0.500 bits per heavy atom. The van der Waals surface area contributed by atoms with Crippen LogP contribution in [0.2, 0.25) is 0 Å². The Balaban J connectivity index is 0. The monoisotopic (exact) mass is 288 g/mol. The standard InChI is InChI=1S/3ClH.Na.3H2O.Pd/h3*1H;;3*1H2;/q;;;+1;;;;+2/p-3. The third-order valence-corrected chi connectivity index (χ3v) is 0. The van der Waals surface area contributed by atoms with Crippen LogP contribution in [-0.2, 0) is 20.4 Å². The number of hydrogen-bond acceptors (Lipinski definition) is 0. The van der Waals surface area contributed by atoms with Crippen molar-refractivity contribution in [3.63, 3.8) is 0 Å². The van der Waals surface area contributed by atoms with Crippen LogP contribution in [0, 0.1) is 0 Å². The zero-order valence-corrected chi connectivity index (χ0v) is 9.77. The molecular weight excluding hydrogens is 284 g/mol. The molecule has 6 N–H and O–H groups in total. The molecule has 0 bridgehead atoms. The molecule has 56 valence electrons. The maximum absolute atomic E-state index is 0. The van der Waals surface area contributed by atoms with Crippen LogP contribution in [0.5, 0.6) is 0 Å². The smallest absolute Gasteiger partial charge is 1.00 e. The van der Waals surface area contributed by atoms with Crippen molar-refractivity contribution in [2.75, 3.05) is 0 Å². The predicted octanol–water partition coefficient (Wildman–Crippen LogP) is -14.5. The van der Waals surface area contributed by atoms with E-state index in [4.69, 9.17) is 0 Å². The second-order valence-corrected chi connectivity index (χ2v) is 0. The Kier molecular flexibility index (Phi) is 2270. The maximum Gasteiger partial charge on any atom is 2.00 e. The first kappa shape index (κ1) is 159. The van der Waals surface area contributed by atoms with E-state index in [-0.39, 0.29) is 104 Å². The fourth-order valence-corrected chi connectivity index (χ4v) is 0. The van der Waals surface area contributed by atoms with Crippen molar-refractivity contribution in [1.82, 2.24) is 0 Å². The molecule has 0 aromatic heterocycles. The summed E-state index contributed by atoms with van der Waals surface area (Å²) in [6.07, 6.45) is 0. The molecular formula is H6Cl3NaO3Pd. The van der Waals surface area contributed by atoms with E-state index in [0.29, 0.717) is 0 Å². The van der Waals surface area contributed by atoms with Crippen LogP contribution in [0.25, 0.3) is 0 Å². The van der Waals surface area contributed by atoms with E-state index in [1.165, 1.54) is 0 Å². The molecule has 0 aromatic rings. The molecule has 0 aliphatic carbocycles. The molecule has 0 fully saturated rings. The van der Waals surface area contributed by atoms with E-state index in [1.807, 2.05) is 0 Å². The minimum absolute atomic E-state index is 0. The van der Waals surface area contributed by atoms with Crippen molar-refractivity contribution in [1.29, 1.82) is 0 Å². The molecule has 0 rings (SSSR count). The van der Waals surface area contributed by atoms with Gasteiger partial charge in [0.25, 0.3) is 0 Å². The van der Waals surface area contributed by atoms with Crippen LogP contribution in [-0.4, -0.2) is 16.4 Å². The fourth-order valence-electron chi connectivity index (χ4n) is 0. The first-order valence-corrected chi connectivity index (χ1v) is 0. The van der Waals surface area contributed by atoms with E-state index in [0.717, 1.165) is 0 Å². The Hall–Kier alpha value is 2.41. The summed E-state index contributed by atoms with van der Waals surface area (Å²) in [7, 11) is 0. The molecule has 0 aromatic carbocycles. The summed E-state index contributed by atoms with van der Waals surface area (Å²) in [4.78, 5) is 0. The molecule has 0 radical (unpaired) electrons. The Labute approximate surface area is 102 Å². The molecule has 0 saturated carbocycles. The van der Waals surface area contributed by atoms with Gasteiger partial charge >= 0.3 is 50.0 Å². The number of rotatable bonds is 0. The van der Waals surface area contributed by atoms with Gasteiger partial charge in [-0.15, -0.1) is 0 Å². The molecule has 0 saturated heterocycles. The third-order valence-electron chi connectivity index (χ3n) is 0. The molecule has 0 amide bonds. The molecule has 3 nitrogen and oxygen atoms in total. The molecule has 0 aliphatic rings. The summed E-state index contributed by atoms with van der Waals surface area (Å²) in [5.41, 5.74) is 0. The van der Waals surface area contributed by atoms with Crippen LogP contribution >= 0.6 is 0 Å². The van der Waals surface area contributed by atoms with Crippen LogP contribution in [0.3, 0.4) is 0 Å². The molecule has 0 spiro atoms. The quantitative estimate of drug-likeness (QED) is 0.396. The zero-order valence-electron chi connectivity index (χ0n) is 3.95. The van der Waals surface area contributed by atoms with Gasteiger partial charge < -0.3 is 53.6 Å². The van der Waals surface area contributed by atoms with Gasteiger partial charge in [0.05, 0.1) is 0 Å². The summed E-state index contributed by atoms with van der Waals surface area (Å²) in [6, 6.07) is 0. The molecule has 0 unspecified atom stereocenters. The normalized spacial score (nSPS) is 0. The summed E-state index contributed by atoms with van der Waals surface area (Å²) < 4.78 is 0. The van der Waals surface area contributed by atoms with Crippen LogP contribution in [0.4, 0.5) is 0 Å². The molecule has 0 atom stereocenters. The first-order chi connectivity index (χ1) is 0. The van der Waals surface area contributed by atoms with Crippen LogP contribution in [0.1, 0.15) is 0 Å². The van der Waals surface area contributed by atoms with Gasteiger partial charge in [0, 0.05) is 0 Å². The fraction of sp³-hybridized carbons (Fsp3) is 0. The van der Waals surface area contributed by atoms with Gasteiger partial charge in [-0.2, -0.15) is 0 Å². The Morgan fingerprint density at radius 3 is 0.500 bits per heavy atom. The van der Waals surface area contributed by atoms with Crippen molar-refractivity contribution >= 4 is 0 Å². The Bertz CT molecular complexity index is 14.5. The summed E-state index contributed by atoms with van der Waals surface area (Å²) in [5.74, 6) is 0. The third kappa shape index (κ3) is 79.4. The maximum atomic E-state index is 0. The molecule has 0 aliphatic heterocycles. The predicted molar refractivity (Wildman–Crippen MR) is 10.8 cm³/mol. The van der Waals surface area contributed by atoms with Gasteiger partial charge in [0.1, 0.15) is 0 Å². The topological polar surface area (TPSA) is 94.5 Å². The van der Waals surface area contributed by atoms with Crippen molar-refractivity contribution in [2.24, 2.45) is 0 Å². The van der Waals surface area contributed by atoms with Gasteiger partial charge in [-0.3, -0.25) is 0 Å². The van der Waals surface area contributed by atoms with E-state index >= 15 is 0 Å². The van der Waals surface area contributed by atoms with Crippen molar-refractivity contribution in [3.05, 3.63) is 0 Å². The van der Waals surface area contributed by atoms with Gasteiger partial charge in [0.15, 0.2) is 0 Å².